The largest absolute Gasteiger partial charge is 0.497 e. The predicted octanol–water partition coefficient (Wildman–Crippen LogP) is 3.43. The summed E-state index contributed by atoms with van der Waals surface area (Å²) in [6.07, 6.45) is 0. The van der Waals surface area contributed by atoms with E-state index in [0.717, 1.165) is 27.1 Å². The number of halogens is 1. The minimum absolute atomic E-state index is 0.0461. The molecule has 0 fully saturated rings. The molecule has 2 aromatic rings. The van der Waals surface area contributed by atoms with Gasteiger partial charge in [-0.25, -0.2) is 0 Å². The first kappa shape index (κ1) is 19.3. The Morgan fingerprint density at radius 1 is 1.12 bits per heavy atom. The van der Waals surface area contributed by atoms with E-state index < -0.39 is 0 Å². The zero-order valence-electron chi connectivity index (χ0n) is 14.6. The summed E-state index contributed by atoms with van der Waals surface area (Å²) in [5.74, 6) is 1.54. The second kappa shape index (κ2) is 9.44. The minimum atomic E-state index is -0.0461. The van der Waals surface area contributed by atoms with Crippen molar-refractivity contribution >= 4 is 21.8 Å². The number of benzene rings is 2. The van der Waals surface area contributed by atoms with E-state index in [1.807, 2.05) is 49.4 Å². The Bertz CT molecular complexity index is 704. The summed E-state index contributed by atoms with van der Waals surface area (Å²) < 4.78 is 11.2. The topological polar surface area (TPSA) is 59.6 Å². The Morgan fingerprint density at radius 3 is 2.44 bits per heavy atom. The van der Waals surface area contributed by atoms with E-state index in [9.17, 15) is 4.79 Å². The molecular weight excluding hydrogens is 384 g/mol. The molecule has 2 N–H and O–H groups in total. The molecule has 0 heterocycles. The van der Waals surface area contributed by atoms with Gasteiger partial charge in [-0.15, -0.1) is 0 Å². The zero-order chi connectivity index (χ0) is 18.2. The number of methoxy groups -OCH3 is 2. The van der Waals surface area contributed by atoms with Crippen LogP contribution in [0.15, 0.2) is 46.9 Å². The summed E-state index contributed by atoms with van der Waals surface area (Å²) in [4.78, 5) is 12.0. The number of carbonyl (C=O) groups is 1. The van der Waals surface area contributed by atoms with Crippen molar-refractivity contribution in [1.82, 2.24) is 10.6 Å². The summed E-state index contributed by atoms with van der Waals surface area (Å²) >= 11 is 3.48. The number of rotatable bonds is 8. The van der Waals surface area contributed by atoms with Crippen LogP contribution in [-0.2, 0) is 11.3 Å². The standard InChI is InChI=1S/C19H23BrN2O3/c1-13(15-6-9-18(25-3)17(20)10-15)21-12-19(23)22-11-14-4-7-16(24-2)8-5-14/h4-10,13,21H,11-12H2,1-3H3,(H,22,23)/t13-/m0/s1. The van der Waals surface area contributed by atoms with Crippen molar-refractivity contribution in [3.63, 3.8) is 0 Å². The van der Waals surface area contributed by atoms with Crippen LogP contribution < -0.4 is 20.1 Å². The van der Waals surface area contributed by atoms with Gasteiger partial charge in [-0.05, 0) is 58.2 Å². The lowest BCUT2D eigenvalue weighted by molar-refractivity contribution is -0.120. The average Bonchev–Trinajstić information content (AvgIpc) is 2.64. The number of hydrogen-bond donors (Lipinski definition) is 2. The van der Waals surface area contributed by atoms with Crippen LogP contribution in [0.5, 0.6) is 11.5 Å². The van der Waals surface area contributed by atoms with Gasteiger partial charge in [-0.2, -0.15) is 0 Å². The highest BCUT2D eigenvalue weighted by molar-refractivity contribution is 9.10. The first-order valence-electron chi connectivity index (χ1n) is 8.00. The highest BCUT2D eigenvalue weighted by atomic mass is 79.9. The van der Waals surface area contributed by atoms with E-state index in [-0.39, 0.29) is 18.5 Å². The molecule has 25 heavy (non-hydrogen) atoms. The maximum absolute atomic E-state index is 12.0. The number of nitrogens with one attached hydrogen (secondary N) is 2. The number of amides is 1. The Balaban J connectivity index is 1.79. The van der Waals surface area contributed by atoms with Crippen LogP contribution in [0.2, 0.25) is 0 Å². The third-order valence-corrected chi connectivity index (χ3v) is 4.51. The molecule has 5 nitrogen and oxygen atoms in total. The van der Waals surface area contributed by atoms with Crippen LogP contribution >= 0.6 is 15.9 Å². The van der Waals surface area contributed by atoms with Crippen molar-refractivity contribution in [1.29, 1.82) is 0 Å². The molecule has 0 aliphatic heterocycles. The zero-order valence-corrected chi connectivity index (χ0v) is 16.2. The fourth-order valence-electron chi connectivity index (χ4n) is 2.32. The van der Waals surface area contributed by atoms with E-state index >= 15 is 0 Å². The van der Waals surface area contributed by atoms with Gasteiger partial charge in [-0.1, -0.05) is 18.2 Å². The maximum atomic E-state index is 12.0. The second-order valence-corrected chi connectivity index (χ2v) is 6.48. The monoisotopic (exact) mass is 406 g/mol. The van der Waals surface area contributed by atoms with Crippen LogP contribution in [0.3, 0.4) is 0 Å². The molecule has 134 valence electrons. The van der Waals surface area contributed by atoms with Crippen LogP contribution in [0.4, 0.5) is 0 Å². The fraction of sp³-hybridized carbons (Fsp3) is 0.316. The molecule has 1 atom stereocenters. The van der Waals surface area contributed by atoms with Crippen LogP contribution in [-0.4, -0.2) is 26.7 Å². The van der Waals surface area contributed by atoms with Gasteiger partial charge in [0, 0.05) is 12.6 Å². The molecule has 0 saturated carbocycles. The van der Waals surface area contributed by atoms with Crippen molar-refractivity contribution in [2.75, 3.05) is 20.8 Å². The maximum Gasteiger partial charge on any atom is 0.234 e. The molecule has 6 heteroatoms. The second-order valence-electron chi connectivity index (χ2n) is 5.62. The molecule has 0 aromatic heterocycles. The summed E-state index contributed by atoms with van der Waals surface area (Å²) in [6, 6.07) is 13.6. The van der Waals surface area contributed by atoms with Crippen molar-refractivity contribution in [3.8, 4) is 11.5 Å². The first-order chi connectivity index (χ1) is 12.0. The average molecular weight is 407 g/mol. The summed E-state index contributed by atoms with van der Waals surface area (Å²) in [5, 5.41) is 6.13. The molecule has 2 aromatic carbocycles. The minimum Gasteiger partial charge on any atom is -0.497 e. The normalized spacial score (nSPS) is 11.7. The van der Waals surface area contributed by atoms with Crippen molar-refractivity contribution in [2.45, 2.75) is 19.5 Å². The van der Waals surface area contributed by atoms with Gasteiger partial charge in [0.15, 0.2) is 0 Å². The number of hydrogen-bond acceptors (Lipinski definition) is 4. The summed E-state index contributed by atoms with van der Waals surface area (Å²) in [5.41, 5.74) is 2.11. The Morgan fingerprint density at radius 2 is 1.84 bits per heavy atom. The van der Waals surface area contributed by atoms with Gasteiger partial charge in [0.05, 0.1) is 25.2 Å². The first-order valence-corrected chi connectivity index (χ1v) is 8.79. The molecule has 0 bridgehead atoms. The van der Waals surface area contributed by atoms with Crippen molar-refractivity contribution < 1.29 is 14.3 Å². The van der Waals surface area contributed by atoms with E-state index in [1.165, 1.54) is 0 Å². The summed E-state index contributed by atoms with van der Waals surface area (Å²) in [7, 11) is 3.26. The highest BCUT2D eigenvalue weighted by Crippen LogP contribution is 2.27. The SMILES string of the molecule is COc1ccc(CNC(=O)CN[C@@H](C)c2ccc(OC)c(Br)c2)cc1. The lowest BCUT2D eigenvalue weighted by Crippen LogP contribution is -2.34. The van der Waals surface area contributed by atoms with E-state index in [1.54, 1.807) is 14.2 Å². The van der Waals surface area contributed by atoms with Gasteiger partial charge < -0.3 is 20.1 Å². The van der Waals surface area contributed by atoms with Gasteiger partial charge in [0.25, 0.3) is 0 Å². The molecule has 0 spiro atoms. The molecule has 0 saturated heterocycles. The molecule has 0 aliphatic rings. The van der Waals surface area contributed by atoms with E-state index in [2.05, 4.69) is 26.6 Å². The van der Waals surface area contributed by atoms with Crippen LogP contribution in [0.1, 0.15) is 24.1 Å². The van der Waals surface area contributed by atoms with Gasteiger partial charge >= 0.3 is 0 Å². The summed E-state index contributed by atoms with van der Waals surface area (Å²) in [6.45, 7) is 2.76. The molecule has 1 amide bonds. The smallest absolute Gasteiger partial charge is 0.234 e. The Hall–Kier alpha value is -2.05. The molecular formula is C19H23BrN2O3. The lowest BCUT2D eigenvalue weighted by atomic mass is 10.1. The molecule has 2 rings (SSSR count). The van der Waals surface area contributed by atoms with Gasteiger partial charge in [0.1, 0.15) is 11.5 Å². The van der Waals surface area contributed by atoms with Crippen LogP contribution in [0.25, 0.3) is 0 Å². The molecule has 0 radical (unpaired) electrons. The van der Waals surface area contributed by atoms with Crippen molar-refractivity contribution in [3.05, 3.63) is 58.1 Å². The Kier molecular flexibility index (Phi) is 7.28. The van der Waals surface area contributed by atoms with Gasteiger partial charge in [0.2, 0.25) is 5.91 Å². The lowest BCUT2D eigenvalue weighted by Gasteiger charge is -2.15. The number of carbonyl (C=O) groups excluding carboxylic acids is 1. The third kappa shape index (κ3) is 5.76. The van der Waals surface area contributed by atoms with Crippen molar-refractivity contribution in [2.24, 2.45) is 0 Å². The van der Waals surface area contributed by atoms with E-state index in [4.69, 9.17) is 9.47 Å². The third-order valence-electron chi connectivity index (χ3n) is 3.89. The van der Waals surface area contributed by atoms with Gasteiger partial charge in [-0.3, -0.25) is 4.79 Å². The number of ether oxygens (including phenoxy) is 2. The fourth-order valence-corrected chi connectivity index (χ4v) is 2.88. The van der Waals surface area contributed by atoms with E-state index in [0.29, 0.717) is 6.54 Å². The molecule has 0 unspecified atom stereocenters. The quantitative estimate of drug-likeness (QED) is 0.704. The Labute approximate surface area is 156 Å². The molecule has 0 aliphatic carbocycles. The van der Waals surface area contributed by atoms with Crippen LogP contribution in [0, 0.1) is 0 Å². The highest BCUT2D eigenvalue weighted by Gasteiger charge is 2.10. The predicted molar refractivity (Wildman–Crippen MR) is 102 cm³/mol.